The van der Waals surface area contributed by atoms with E-state index < -0.39 is 32.9 Å². The number of piperidine rings is 1. The van der Waals surface area contributed by atoms with Gasteiger partial charge in [-0.2, -0.15) is 0 Å². The first kappa shape index (κ1) is 19.8. The summed E-state index contributed by atoms with van der Waals surface area (Å²) in [7, 11) is -3.92. The fourth-order valence-corrected chi connectivity index (χ4v) is 3.78. The molecule has 0 aliphatic carbocycles. The number of carbonyl (C=O) groups is 2. The van der Waals surface area contributed by atoms with Crippen molar-refractivity contribution in [3.8, 4) is 0 Å². The largest absolute Gasteiger partial charge is 0.480 e. The van der Waals surface area contributed by atoms with E-state index in [-0.39, 0.29) is 23.5 Å². The van der Waals surface area contributed by atoms with Gasteiger partial charge in [-0.05, 0) is 31.4 Å². The van der Waals surface area contributed by atoms with Crippen molar-refractivity contribution < 1.29 is 28.0 Å². The highest BCUT2D eigenvalue weighted by molar-refractivity contribution is 7.89. The Labute approximate surface area is 150 Å². The summed E-state index contributed by atoms with van der Waals surface area (Å²) < 4.78 is 26.5. The van der Waals surface area contributed by atoms with Gasteiger partial charge in [0.15, 0.2) is 0 Å². The number of nitro groups is 1. The molecule has 1 aliphatic rings. The number of hydrogen-bond donors (Lipinski definition) is 2. The first-order valence-corrected chi connectivity index (χ1v) is 9.47. The Balaban J connectivity index is 1.94. The number of carbonyl (C=O) groups excluding carboxylic acids is 1. The Bertz CT molecular complexity index is 792. The molecule has 1 atom stereocenters. The van der Waals surface area contributed by atoms with Gasteiger partial charge in [0, 0.05) is 31.6 Å². The van der Waals surface area contributed by atoms with E-state index >= 15 is 0 Å². The molecule has 1 fully saturated rings. The first-order chi connectivity index (χ1) is 12.2. The normalized spacial score (nSPS) is 17.7. The molecule has 2 N–H and O–H groups in total. The van der Waals surface area contributed by atoms with Gasteiger partial charge in [0.2, 0.25) is 15.9 Å². The van der Waals surface area contributed by atoms with Crippen molar-refractivity contribution in [2.45, 2.75) is 36.6 Å². The van der Waals surface area contributed by atoms with E-state index in [1.54, 1.807) is 0 Å². The summed E-state index contributed by atoms with van der Waals surface area (Å²) in [5, 5.41) is 19.8. The molecular formula is C15H19N3O7S. The van der Waals surface area contributed by atoms with E-state index in [1.807, 2.05) is 0 Å². The van der Waals surface area contributed by atoms with Crippen molar-refractivity contribution in [1.82, 2.24) is 9.62 Å². The zero-order valence-electron chi connectivity index (χ0n) is 13.8. The van der Waals surface area contributed by atoms with Gasteiger partial charge in [-0.1, -0.05) is 0 Å². The quantitative estimate of drug-likeness (QED) is 0.519. The molecule has 1 aromatic carbocycles. The second-order valence-corrected chi connectivity index (χ2v) is 7.60. The molecule has 0 aromatic heterocycles. The van der Waals surface area contributed by atoms with Crippen LogP contribution in [0.15, 0.2) is 29.2 Å². The molecule has 11 heteroatoms. The van der Waals surface area contributed by atoms with E-state index in [0.29, 0.717) is 19.4 Å². The van der Waals surface area contributed by atoms with E-state index in [0.717, 1.165) is 30.7 Å². The van der Waals surface area contributed by atoms with Crippen LogP contribution < -0.4 is 4.72 Å². The van der Waals surface area contributed by atoms with E-state index in [1.165, 1.54) is 4.90 Å². The Hall–Kier alpha value is -2.53. The number of nitrogens with one attached hydrogen (secondary N) is 1. The maximum absolute atomic E-state index is 12.2. The average Bonchev–Trinajstić information content (AvgIpc) is 2.61. The van der Waals surface area contributed by atoms with Crippen molar-refractivity contribution in [3.05, 3.63) is 34.4 Å². The molecule has 2 rings (SSSR count). The average molecular weight is 385 g/mol. The van der Waals surface area contributed by atoms with Crippen LogP contribution in [0.5, 0.6) is 0 Å². The zero-order valence-corrected chi connectivity index (χ0v) is 14.6. The molecule has 0 bridgehead atoms. The lowest BCUT2D eigenvalue weighted by Gasteiger charge is -2.33. The van der Waals surface area contributed by atoms with Crippen molar-refractivity contribution in [1.29, 1.82) is 0 Å². The molecule has 1 amide bonds. The number of sulfonamides is 1. The number of nitro benzene ring substituents is 1. The van der Waals surface area contributed by atoms with Crippen LogP contribution in [0, 0.1) is 10.1 Å². The summed E-state index contributed by atoms with van der Waals surface area (Å²) in [6, 6.07) is 3.49. The molecule has 1 aliphatic heterocycles. The predicted octanol–water partition coefficient (Wildman–Crippen LogP) is 0.729. The van der Waals surface area contributed by atoms with Gasteiger partial charge in [0.1, 0.15) is 6.04 Å². The van der Waals surface area contributed by atoms with Crippen LogP contribution in [0.4, 0.5) is 5.69 Å². The molecule has 1 saturated heterocycles. The maximum atomic E-state index is 12.2. The molecule has 0 spiro atoms. The number of amides is 1. The Morgan fingerprint density at radius 3 is 2.50 bits per heavy atom. The summed E-state index contributed by atoms with van der Waals surface area (Å²) in [5.41, 5.74) is -0.232. The lowest BCUT2D eigenvalue weighted by molar-refractivity contribution is -0.384. The van der Waals surface area contributed by atoms with Crippen LogP contribution >= 0.6 is 0 Å². The molecule has 0 unspecified atom stereocenters. The van der Waals surface area contributed by atoms with Crippen LogP contribution in [0.1, 0.15) is 25.7 Å². The fourth-order valence-electron chi connectivity index (χ4n) is 2.75. The number of likely N-dealkylation sites (tertiary alicyclic amines) is 1. The number of carboxylic acid groups (broad SMARTS) is 1. The molecular weight excluding hydrogens is 366 g/mol. The predicted molar refractivity (Wildman–Crippen MR) is 89.9 cm³/mol. The van der Waals surface area contributed by atoms with Crippen molar-refractivity contribution in [2.75, 3.05) is 13.1 Å². The summed E-state index contributed by atoms with van der Waals surface area (Å²) in [4.78, 5) is 34.5. The molecule has 1 aromatic rings. The molecule has 1 heterocycles. The lowest BCUT2D eigenvalue weighted by atomic mass is 10.0. The molecule has 0 saturated carbocycles. The summed E-state index contributed by atoms with van der Waals surface area (Å²) in [6.07, 6.45) is 1.66. The van der Waals surface area contributed by atoms with Crippen molar-refractivity contribution in [3.63, 3.8) is 0 Å². The number of nitrogens with zero attached hydrogens (tertiary/aromatic N) is 2. The standard InChI is InChI=1S/C15H19N3O7S/c19-14(17-10-2-1-3-13(17)15(20)21)8-9-16-26(24,25)12-6-4-11(5-7-12)18(22)23/h4-7,13,16H,1-3,8-10H2,(H,20,21)/t13-/m1/s1. The van der Waals surface area contributed by atoms with Gasteiger partial charge in [-0.25, -0.2) is 17.9 Å². The van der Waals surface area contributed by atoms with Crippen molar-refractivity contribution >= 4 is 27.6 Å². The second-order valence-electron chi connectivity index (χ2n) is 5.84. The van der Waals surface area contributed by atoms with E-state index in [4.69, 9.17) is 5.11 Å². The topological polar surface area (TPSA) is 147 Å². The number of benzene rings is 1. The molecule has 26 heavy (non-hydrogen) atoms. The molecule has 142 valence electrons. The SMILES string of the molecule is O=C(O)[C@H]1CCCCN1C(=O)CCNS(=O)(=O)c1ccc([N+](=O)[O-])cc1. The Kier molecular flexibility index (Phi) is 6.27. The Morgan fingerprint density at radius 1 is 1.27 bits per heavy atom. The van der Waals surface area contributed by atoms with Gasteiger partial charge in [0.05, 0.1) is 9.82 Å². The van der Waals surface area contributed by atoms with Gasteiger partial charge >= 0.3 is 5.97 Å². The third kappa shape index (κ3) is 4.76. The molecule has 10 nitrogen and oxygen atoms in total. The minimum Gasteiger partial charge on any atom is -0.480 e. The van der Waals surface area contributed by atoms with Gasteiger partial charge in [-0.3, -0.25) is 14.9 Å². The van der Waals surface area contributed by atoms with E-state index in [2.05, 4.69) is 4.72 Å². The minimum atomic E-state index is -3.92. The monoisotopic (exact) mass is 385 g/mol. The van der Waals surface area contributed by atoms with Gasteiger partial charge in [-0.15, -0.1) is 0 Å². The number of rotatable bonds is 7. The number of non-ortho nitro benzene ring substituents is 1. The zero-order chi connectivity index (χ0) is 19.3. The third-order valence-electron chi connectivity index (χ3n) is 4.10. The Morgan fingerprint density at radius 2 is 1.92 bits per heavy atom. The van der Waals surface area contributed by atoms with Gasteiger partial charge in [0.25, 0.3) is 5.69 Å². The molecule has 0 radical (unpaired) electrons. The van der Waals surface area contributed by atoms with Gasteiger partial charge < -0.3 is 10.0 Å². The first-order valence-electron chi connectivity index (χ1n) is 7.99. The van der Waals surface area contributed by atoms with Crippen molar-refractivity contribution in [2.24, 2.45) is 0 Å². The maximum Gasteiger partial charge on any atom is 0.326 e. The summed E-state index contributed by atoms with van der Waals surface area (Å²) in [5.74, 6) is -1.49. The highest BCUT2D eigenvalue weighted by Crippen LogP contribution is 2.18. The van der Waals surface area contributed by atoms with Crippen LogP contribution in [0.25, 0.3) is 0 Å². The highest BCUT2D eigenvalue weighted by Gasteiger charge is 2.31. The van der Waals surface area contributed by atoms with E-state index in [9.17, 15) is 28.1 Å². The number of hydrogen-bond acceptors (Lipinski definition) is 6. The number of aliphatic carboxylic acids is 1. The van der Waals surface area contributed by atoms with Crippen LogP contribution in [0.2, 0.25) is 0 Å². The minimum absolute atomic E-state index is 0.156. The number of carboxylic acids is 1. The summed E-state index contributed by atoms with van der Waals surface area (Å²) >= 11 is 0. The van der Waals surface area contributed by atoms with Crippen LogP contribution in [0.3, 0.4) is 0 Å². The van der Waals surface area contributed by atoms with Crippen LogP contribution in [-0.2, 0) is 19.6 Å². The smallest absolute Gasteiger partial charge is 0.326 e. The summed E-state index contributed by atoms with van der Waals surface area (Å²) in [6.45, 7) is 0.145. The van der Waals surface area contributed by atoms with Crippen LogP contribution in [-0.4, -0.2) is 54.4 Å². The highest BCUT2D eigenvalue weighted by atomic mass is 32.2. The fraction of sp³-hybridized carbons (Fsp3) is 0.467. The lowest BCUT2D eigenvalue weighted by Crippen LogP contribution is -2.48. The third-order valence-corrected chi connectivity index (χ3v) is 5.57. The second kappa shape index (κ2) is 8.23.